The molecule has 2 rings (SSSR count). The van der Waals surface area contributed by atoms with Crippen molar-refractivity contribution in [3.05, 3.63) is 65.2 Å². The predicted octanol–water partition coefficient (Wildman–Crippen LogP) is 3.41. The number of benzene rings is 2. The number of carboxylic acids is 1. The summed E-state index contributed by atoms with van der Waals surface area (Å²) in [6.07, 6.45) is -0.730. The molecule has 0 aromatic heterocycles. The summed E-state index contributed by atoms with van der Waals surface area (Å²) in [6.45, 7) is 0. The quantitative estimate of drug-likeness (QED) is 0.910. The second-order valence-corrected chi connectivity index (χ2v) is 4.46. The van der Waals surface area contributed by atoms with E-state index in [-0.39, 0.29) is 6.42 Å². The molecule has 0 saturated heterocycles. The van der Waals surface area contributed by atoms with Gasteiger partial charge in [0, 0.05) is 11.4 Å². The van der Waals surface area contributed by atoms with Crippen LogP contribution < -0.4 is 4.74 Å². The fourth-order valence-electron chi connectivity index (χ4n) is 1.71. The highest BCUT2D eigenvalue weighted by molar-refractivity contribution is 6.31. The molecule has 0 radical (unpaired) electrons. The van der Waals surface area contributed by atoms with E-state index in [0.717, 1.165) is 5.56 Å². The summed E-state index contributed by atoms with van der Waals surface area (Å²) in [5, 5.41) is 9.77. The number of ether oxygens (including phenoxy) is 1. The van der Waals surface area contributed by atoms with E-state index in [0.29, 0.717) is 10.8 Å². The number of carboxylic acid groups (broad SMARTS) is 1. The Bertz CT molecular complexity index is 554. The molecule has 4 heteroatoms. The van der Waals surface area contributed by atoms with E-state index in [2.05, 4.69) is 0 Å². The van der Waals surface area contributed by atoms with Crippen molar-refractivity contribution in [3.8, 4) is 5.75 Å². The predicted molar refractivity (Wildman–Crippen MR) is 73.6 cm³/mol. The van der Waals surface area contributed by atoms with Gasteiger partial charge in [0.1, 0.15) is 5.75 Å². The highest BCUT2D eigenvalue weighted by atomic mass is 35.5. The summed E-state index contributed by atoms with van der Waals surface area (Å²) in [7, 11) is 0. The van der Waals surface area contributed by atoms with Crippen LogP contribution in [-0.2, 0) is 11.2 Å². The van der Waals surface area contributed by atoms with E-state index in [1.54, 1.807) is 42.5 Å². The van der Waals surface area contributed by atoms with Crippen LogP contribution in [0.5, 0.6) is 5.75 Å². The third-order valence-electron chi connectivity index (χ3n) is 2.66. The minimum Gasteiger partial charge on any atom is -0.478 e. The Morgan fingerprint density at radius 1 is 1.11 bits per heavy atom. The van der Waals surface area contributed by atoms with Gasteiger partial charge in [-0.25, -0.2) is 4.79 Å². The maximum atomic E-state index is 11.3. The zero-order valence-corrected chi connectivity index (χ0v) is 10.9. The molecule has 3 nitrogen and oxygen atoms in total. The lowest BCUT2D eigenvalue weighted by Crippen LogP contribution is -2.29. The van der Waals surface area contributed by atoms with Crippen LogP contribution in [0.1, 0.15) is 5.56 Å². The molecule has 1 atom stereocenters. The molecule has 19 heavy (non-hydrogen) atoms. The Morgan fingerprint density at radius 3 is 2.37 bits per heavy atom. The van der Waals surface area contributed by atoms with Crippen LogP contribution in [0.4, 0.5) is 0 Å². The van der Waals surface area contributed by atoms with Crippen molar-refractivity contribution in [2.45, 2.75) is 12.5 Å². The Hall–Kier alpha value is -2.00. The molecule has 98 valence electrons. The van der Waals surface area contributed by atoms with Gasteiger partial charge in [-0.2, -0.15) is 0 Å². The van der Waals surface area contributed by atoms with Crippen molar-refractivity contribution in [2.75, 3.05) is 0 Å². The van der Waals surface area contributed by atoms with E-state index in [1.165, 1.54) is 0 Å². The molecule has 0 spiro atoms. The summed E-state index contributed by atoms with van der Waals surface area (Å²) >= 11 is 6.03. The van der Waals surface area contributed by atoms with Gasteiger partial charge >= 0.3 is 5.97 Å². The van der Waals surface area contributed by atoms with Gasteiger partial charge in [0.15, 0.2) is 6.10 Å². The van der Waals surface area contributed by atoms with Gasteiger partial charge in [-0.05, 0) is 23.8 Å². The van der Waals surface area contributed by atoms with E-state index in [4.69, 9.17) is 16.3 Å². The summed E-state index contributed by atoms with van der Waals surface area (Å²) in [5.41, 5.74) is 0.757. The van der Waals surface area contributed by atoms with E-state index in [9.17, 15) is 9.90 Å². The average molecular weight is 277 g/mol. The normalized spacial score (nSPS) is 11.8. The van der Waals surface area contributed by atoms with E-state index < -0.39 is 12.1 Å². The molecule has 0 aliphatic heterocycles. The smallest absolute Gasteiger partial charge is 0.345 e. The molecular formula is C15H13ClO3. The standard InChI is InChI=1S/C15H13ClO3/c16-13-9-5-4-6-11(13)10-14(15(17)18)19-12-7-2-1-3-8-12/h1-9,14H,10H2,(H,17,18)/t14-/m0/s1. The molecule has 0 amide bonds. The number of para-hydroxylation sites is 1. The van der Waals surface area contributed by atoms with Gasteiger partial charge in [0.25, 0.3) is 0 Å². The Balaban J connectivity index is 2.13. The largest absolute Gasteiger partial charge is 0.478 e. The Morgan fingerprint density at radius 2 is 1.74 bits per heavy atom. The molecule has 0 saturated carbocycles. The second kappa shape index (κ2) is 6.25. The number of halogens is 1. The van der Waals surface area contributed by atoms with Gasteiger partial charge in [-0.1, -0.05) is 48.0 Å². The van der Waals surface area contributed by atoms with Crippen molar-refractivity contribution in [1.82, 2.24) is 0 Å². The minimum atomic E-state index is -1.01. The first-order valence-electron chi connectivity index (χ1n) is 5.85. The lowest BCUT2D eigenvalue weighted by Gasteiger charge is -2.15. The molecule has 0 unspecified atom stereocenters. The zero-order valence-electron chi connectivity index (χ0n) is 10.1. The van der Waals surface area contributed by atoms with Crippen LogP contribution in [0.2, 0.25) is 5.02 Å². The highest BCUT2D eigenvalue weighted by Gasteiger charge is 2.21. The van der Waals surface area contributed by atoms with Crippen LogP contribution in [0, 0.1) is 0 Å². The monoisotopic (exact) mass is 276 g/mol. The number of aliphatic carboxylic acids is 1. The van der Waals surface area contributed by atoms with Gasteiger partial charge in [0.05, 0.1) is 0 Å². The number of rotatable bonds is 5. The lowest BCUT2D eigenvalue weighted by atomic mass is 10.1. The summed E-state index contributed by atoms with van der Waals surface area (Å²) in [4.78, 5) is 11.3. The SMILES string of the molecule is O=C(O)[C@H](Cc1ccccc1Cl)Oc1ccccc1. The second-order valence-electron chi connectivity index (χ2n) is 4.05. The van der Waals surface area contributed by atoms with Crippen molar-refractivity contribution >= 4 is 17.6 Å². The highest BCUT2D eigenvalue weighted by Crippen LogP contribution is 2.19. The van der Waals surface area contributed by atoms with Gasteiger partial charge < -0.3 is 9.84 Å². The molecule has 1 N–H and O–H groups in total. The fraction of sp³-hybridized carbons (Fsp3) is 0.133. The summed E-state index contributed by atoms with van der Waals surface area (Å²) in [6, 6.07) is 16.0. The van der Waals surface area contributed by atoms with Crippen molar-refractivity contribution in [2.24, 2.45) is 0 Å². The maximum Gasteiger partial charge on any atom is 0.345 e. The summed E-state index contributed by atoms with van der Waals surface area (Å²) < 4.78 is 5.48. The zero-order chi connectivity index (χ0) is 13.7. The first kappa shape index (κ1) is 13.4. The van der Waals surface area contributed by atoms with Crippen LogP contribution >= 0.6 is 11.6 Å². The van der Waals surface area contributed by atoms with E-state index >= 15 is 0 Å². The number of hydrogen-bond acceptors (Lipinski definition) is 2. The number of carbonyl (C=O) groups is 1. The van der Waals surface area contributed by atoms with Gasteiger partial charge in [0.2, 0.25) is 0 Å². The average Bonchev–Trinajstić information content (AvgIpc) is 2.41. The van der Waals surface area contributed by atoms with Gasteiger partial charge in [-0.3, -0.25) is 0 Å². The molecular weight excluding hydrogens is 264 g/mol. The van der Waals surface area contributed by atoms with Crippen LogP contribution in [0.15, 0.2) is 54.6 Å². The Kier molecular flexibility index (Phi) is 4.42. The van der Waals surface area contributed by atoms with Crippen molar-refractivity contribution in [3.63, 3.8) is 0 Å². The third-order valence-corrected chi connectivity index (χ3v) is 3.03. The lowest BCUT2D eigenvalue weighted by molar-refractivity contribution is -0.145. The maximum absolute atomic E-state index is 11.3. The van der Waals surface area contributed by atoms with Crippen molar-refractivity contribution < 1.29 is 14.6 Å². The molecule has 2 aromatic carbocycles. The fourth-order valence-corrected chi connectivity index (χ4v) is 1.92. The van der Waals surface area contributed by atoms with Crippen LogP contribution in [0.25, 0.3) is 0 Å². The number of hydrogen-bond donors (Lipinski definition) is 1. The topological polar surface area (TPSA) is 46.5 Å². The van der Waals surface area contributed by atoms with E-state index in [1.807, 2.05) is 12.1 Å². The van der Waals surface area contributed by atoms with Crippen LogP contribution in [0.3, 0.4) is 0 Å². The minimum absolute atomic E-state index is 0.226. The molecule has 0 fully saturated rings. The molecule has 0 heterocycles. The molecule has 0 bridgehead atoms. The molecule has 0 aliphatic carbocycles. The first-order valence-corrected chi connectivity index (χ1v) is 6.22. The van der Waals surface area contributed by atoms with Gasteiger partial charge in [-0.15, -0.1) is 0 Å². The first-order chi connectivity index (χ1) is 9.16. The molecule has 0 aliphatic rings. The van der Waals surface area contributed by atoms with Crippen LogP contribution in [-0.4, -0.2) is 17.2 Å². The third kappa shape index (κ3) is 3.73. The Labute approximate surface area is 116 Å². The van der Waals surface area contributed by atoms with Crippen molar-refractivity contribution in [1.29, 1.82) is 0 Å². The molecule has 2 aromatic rings. The summed E-state index contributed by atoms with van der Waals surface area (Å²) in [5.74, 6) is -0.481.